The first-order valence-electron chi connectivity index (χ1n) is 5.95. The van der Waals surface area contributed by atoms with E-state index in [2.05, 4.69) is 20.7 Å². The maximum atomic E-state index is 12.4. The lowest BCUT2D eigenvalue weighted by Crippen LogP contribution is -2.14. The molecule has 0 atom stereocenters. The maximum Gasteiger partial charge on any atom is 0.262 e. The van der Waals surface area contributed by atoms with Gasteiger partial charge in [-0.3, -0.25) is 4.72 Å². The number of aryl methyl sites for hydroxylation is 2. The van der Waals surface area contributed by atoms with E-state index in [4.69, 9.17) is 5.73 Å². The van der Waals surface area contributed by atoms with Gasteiger partial charge < -0.3 is 5.73 Å². The summed E-state index contributed by atoms with van der Waals surface area (Å²) in [5.74, 6) is 0. The van der Waals surface area contributed by atoms with Crippen molar-refractivity contribution in [1.82, 2.24) is 0 Å². The predicted molar refractivity (Wildman–Crippen MR) is 85.3 cm³/mol. The lowest BCUT2D eigenvalue weighted by atomic mass is 10.2. The van der Waals surface area contributed by atoms with Crippen LogP contribution >= 0.6 is 15.9 Å². The van der Waals surface area contributed by atoms with Gasteiger partial charge in [0.2, 0.25) is 0 Å². The molecule has 0 saturated heterocycles. The summed E-state index contributed by atoms with van der Waals surface area (Å²) in [4.78, 5) is 0.212. The Balaban J connectivity index is 2.44. The van der Waals surface area contributed by atoms with Crippen LogP contribution in [0.25, 0.3) is 0 Å². The largest absolute Gasteiger partial charge is 0.397 e. The minimum atomic E-state index is -3.65. The average molecular weight is 355 g/mol. The van der Waals surface area contributed by atoms with Gasteiger partial charge in [-0.15, -0.1) is 0 Å². The highest BCUT2D eigenvalue weighted by Crippen LogP contribution is 2.32. The summed E-state index contributed by atoms with van der Waals surface area (Å²) < 4.78 is 27.9. The molecule has 0 aliphatic rings. The highest BCUT2D eigenvalue weighted by Gasteiger charge is 2.17. The Morgan fingerprint density at radius 2 is 1.80 bits per heavy atom. The fourth-order valence-corrected chi connectivity index (χ4v) is 3.89. The van der Waals surface area contributed by atoms with Crippen LogP contribution in [0.3, 0.4) is 0 Å². The third-order valence-electron chi connectivity index (χ3n) is 2.80. The van der Waals surface area contributed by atoms with Crippen LogP contribution in [0.2, 0.25) is 0 Å². The topological polar surface area (TPSA) is 72.2 Å². The highest BCUT2D eigenvalue weighted by molar-refractivity contribution is 9.10. The van der Waals surface area contributed by atoms with Crippen molar-refractivity contribution >= 4 is 37.3 Å². The van der Waals surface area contributed by atoms with Crippen LogP contribution in [0.1, 0.15) is 11.1 Å². The van der Waals surface area contributed by atoms with Crippen molar-refractivity contribution in [2.45, 2.75) is 18.7 Å². The smallest absolute Gasteiger partial charge is 0.262 e. The van der Waals surface area contributed by atoms with E-state index in [9.17, 15) is 8.42 Å². The molecule has 0 bridgehead atoms. The van der Waals surface area contributed by atoms with Crippen LogP contribution in [0.15, 0.2) is 45.8 Å². The normalized spacial score (nSPS) is 11.3. The Morgan fingerprint density at radius 1 is 1.10 bits per heavy atom. The fraction of sp³-hybridized carbons (Fsp3) is 0.143. The SMILES string of the molecule is Cc1cccc(S(=O)(=O)Nc2c(N)cc(C)cc2Br)c1. The summed E-state index contributed by atoms with van der Waals surface area (Å²) >= 11 is 3.33. The van der Waals surface area contributed by atoms with E-state index in [0.29, 0.717) is 15.8 Å². The quantitative estimate of drug-likeness (QED) is 0.829. The highest BCUT2D eigenvalue weighted by atomic mass is 79.9. The molecule has 0 fully saturated rings. The molecule has 0 heterocycles. The third kappa shape index (κ3) is 3.13. The van der Waals surface area contributed by atoms with Gasteiger partial charge in [-0.1, -0.05) is 12.1 Å². The Labute approximate surface area is 127 Å². The molecule has 2 aromatic carbocycles. The zero-order chi connectivity index (χ0) is 14.9. The van der Waals surface area contributed by atoms with Gasteiger partial charge in [0.05, 0.1) is 16.3 Å². The molecule has 0 radical (unpaired) electrons. The Hall–Kier alpha value is -1.53. The number of anilines is 2. The summed E-state index contributed by atoms with van der Waals surface area (Å²) in [5, 5.41) is 0. The second-order valence-electron chi connectivity index (χ2n) is 4.63. The lowest BCUT2D eigenvalue weighted by molar-refractivity contribution is 0.601. The molecule has 6 heteroatoms. The molecule has 2 rings (SSSR count). The third-order valence-corrected chi connectivity index (χ3v) is 4.77. The predicted octanol–water partition coefficient (Wildman–Crippen LogP) is 3.45. The van der Waals surface area contributed by atoms with E-state index < -0.39 is 10.0 Å². The molecule has 4 nitrogen and oxygen atoms in total. The first-order valence-corrected chi connectivity index (χ1v) is 8.22. The number of hydrogen-bond donors (Lipinski definition) is 2. The molecule has 0 aliphatic heterocycles. The number of nitrogens with one attached hydrogen (secondary N) is 1. The second kappa shape index (κ2) is 5.46. The zero-order valence-electron chi connectivity index (χ0n) is 11.1. The Kier molecular flexibility index (Phi) is 4.06. The lowest BCUT2D eigenvalue weighted by Gasteiger charge is -2.13. The summed E-state index contributed by atoms with van der Waals surface area (Å²) in [6, 6.07) is 10.2. The molecule has 0 amide bonds. The molecule has 0 unspecified atom stereocenters. The minimum Gasteiger partial charge on any atom is -0.397 e. The molecule has 0 aromatic heterocycles. The molecule has 106 valence electrons. The number of halogens is 1. The van der Waals surface area contributed by atoms with E-state index in [-0.39, 0.29) is 4.90 Å². The van der Waals surface area contributed by atoms with Crippen LogP contribution in [0, 0.1) is 13.8 Å². The van der Waals surface area contributed by atoms with Crippen molar-refractivity contribution < 1.29 is 8.42 Å². The number of hydrogen-bond acceptors (Lipinski definition) is 3. The van der Waals surface area contributed by atoms with Crippen LogP contribution in [0.4, 0.5) is 11.4 Å². The second-order valence-corrected chi connectivity index (χ2v) is 7.17. The average Bonchev–Trinajstić information content (AvgIpc) is 2.34. The van der Waals surface area contributed by atoms with Gasteiger partial charge in [0.25, 0.3) is 10.0 Å². The van der Waals surface area contributed by atoms with Gasteiger partial charge in [0.1, 0.15) is 0 Å². The van der Waals surface area contributed by atoms with E-state index in [0.717, 1.165) is 11.1 Å². The minimum absolute atomic E-state index is 0.212. The van der Waals surface area contributed by atoms with Crippen LogP contribution < -0.4 is 10.5 Å². The first-order chi connectivity index (χ1) is 9.29. The molecule has 0 saturated carbocycles. The number of nitrogen functional groups attached to an aromatic ring is 1. The number of benzene rings is 2. The fourth-order valence-electron chi connectivity index (χ4n) is 1.85. The number of sulfonamides is 1. The summed E-state index contributed by atoms with van der Waals surface area (Å²) in [5.41, 5.74) is 8.45. The maximum absolute atomic E-state index is 12.4. The van der Waals surface area contributed by atoms with Crippen molar-refractivity contribution in [3.8, 4) is 0 Å². The molecular formula is C14H15BrN2O2S. The van der Waals surface area contributed by atoms with Crippen molar-refractivity contribution in [3.05, 3.63) is 52.0 Å². The zero-order valence-corrected chi connectivity index (χ0v) is 13.5. The summed E-state index contributed by atoms with van der Waals surface area (Å²) in [6.07, 6.45) is 0. The Bertz CT molecular complexity index is 735. The molecule has 3 N–H and O–H groups in total. The van der Waals surface area contributed by atoms with E-state index in [1.807, 2.05) is 26.0 Å². The van der Waals surface area contributed by atoms with Gasteiger partial charge >= 0.3 is 0 Å². The number of nitrogens with two attached hydrogens (primary N) is 1. The first kappa shape index (κ1) is 14.9. The van der Waals surface area contributed by atoms with Crippen LogP contribution in [0.5, 0.6) is 0 Å². The molecular weight excluding hydrogens is 340 g/mol. The van der Waals surface area contributed by atoms with E-state index in [1.165, 1.54) is 0 Å². The van der Waals surface area contributed by atoms with Crippen molar-refractivity contribution in [2.75, 3.05) is 10.5 Å². The van der Waals surface area contributed by atoms with Gasteiger partial charge in [-0.25, -0.2) is 8.42 Å². The van der Waals surface area contributed by atoms with Crippen molar-refractivity contribution in [2.24, 2.45) is 0 Å². The van der Waals surface area contributed by atoms with Crippen LogP contribution in [-0.2, 0) is 10.0 Å². The van der Waals surface area contributed by atoms with Gasteiger partial charge in [0.15, 0.2) is 0 Å². The summed E-state index contributed by atoms with van der Waals surface area (Å²) in [7, 11) is -3.65. The van der Waals surface area contributed by atoms with Crippen LogP contribution in [-0.4, -0.2) is 8.42 Å². The van der Waals surface area contributed by atoms with E-state index >= 15 is 0 Å². The Morgan fingerprint density at radius 3 is 2.40 bits per heavy atom. The molecule has 0 spiro atoms. The van der Waals surface area contributed by atoms with Gasteiger partial charge in [-0.2, -0.15) is 0 Å². The summed E-state index contributed by atoms with van der Waals surface area (Å²) in [6.45, 7) is 3.73. The molecule has 2 aromatic rings. The monoisotopic (exact) mass is 354 g/mol. The molecule has 0 aliphatic carbocycles. The van der Waals surface area contributed by atoms with Crippen molar-refractivity contribution in [1.29, 1.82) is 0 Å². The van der Waals surface area contributed by atoms with E-state index in [1.54, 1.807) is 24.3 Å². The number of rotatable bonds is 3. The van der Waals surface area contributed by atoms with Gasteiger partial charge in [-0.05, 0) is 65.2 Å². The van der Waals surface area contributed by atoms with Crippen molar-refractivity contribution in [3.63, 3.8) is 0 Å². The standard InChI is InChI=1S/C14H15BrN2O2S/c1-9-4-3-5-11(6-9)20(18,19)17-14-12(15)7-10(2)8-13(14)16/h3-8,17H,16H2,1-2H3. The molecule has 20 heavy (non-hydrogen) atoms. The van der Waals surface area contributed by atoms with Gasteiger partial charge in [0, 0.05) is 4.47 Å².